The van der Waals surface area contributed by atoms with Crippen molar-refractivity contribution < 1.29 is 0 Å². The average Bonchev–Trinajstić information content (AvgIpc) is 2.73. The van der Waals surface area contributed by atoms with E-state index in [9.17, 15) is 0 Å². The van der Waals surface area contributed by atoms with Gasteiger partial charge in [0.1, 0.15) is 0 Å². The highest BCUT2D eigenvalue weighted by atomic mass is 15.0. The van der Waals surface area contributed by atoms with Crippen LogP contribution in [0, 0.1) is 0 Å². The van der Waals surface area contributed by atoms with Gasteiger partial charge < -0.3 is 5.32 Å². The van der Waals surface area contributed by atoms with Gasteiger partial charge in [0.15, 0.2) is 0 Å². The van der Waals surface area contributed by atoms with Gasteiger partial charge in [0.2, 0.25) is 0 Å². The molecule has 0 amide bonds. The Morgan fingerprint density at radius 3 is 1.50 bits per heavy atom. The van der Waals surface area contributed by atoms with Gasteiger partial charge in [-0.1, -0.05) is 46.0 Å². The van der Waals surface area contributed by atoms with Crippen molar-refractivity contribution in [1.29, 1.82) is 0 Å². The molecular weight excluding hydrogens is 122 g/mol. The Bertz CT molecular complexity index is 43.9. The lowest BCUT2D eigenvalue weighted by molar-refractivity contribution is 0.656. The number of nitrogens with one attached hydrogen (secondary N) is 1. The van der Waals surface area contributed by atoms with Gasteiger partial charge in [-0.3, -0.25) is 0 Å². The summed E-state index contributed by atoms with van der Waals surface area (Å²) in [5.74, 6) is 0. The molecule has 0 aliphatic carbocycles. The molecule has 0 radical (unpaired) electrons. The van der Waals surface area contributed by atoms with Gasteiger partial charge in [0.05, 0.1) is 0 Å². The topological polar surface area (TPSA) is 21.9 Å². The minimum atomic E-state index is 1.25. The summed E-state index contributed by atoms with van der Waals surface area (Å²) in [5.41, 5.74) is 0. The standard InChI is InChI=1S/C7H16.C2H5N/c1-3-5-7-6-4-2;1-2-3-1/h3-7H2,1-2H3;3H,1-2H2. The van der Waals surface area contributed by atoms with Crippen LogP contribution in [0.15, 0.2) is 0 Å². The zero-order chi connectivity index (χ0) is 7.66. The minimum Gasteiger partial charge on any atom is -0.314 e. The lowest BCUT2D eigenvalue weighted by atomic mass is 10.2. The number of hydrogen-bond acceptors (Lipinski definition) is 1. The fourth-order valence-electron chi connectivity index (χ4n) is 0.677. The Balaban J connectivity index is 0.000000219. The van der Waals surface area contributed by atoms with Crippen LogP contribution in [0.2, 0.25) is 0 Å². The van der Waals surface area contributed by atoms with Gasteiger partial charge in [0, 0.05) is 13.1 Å². The maximum Gasteiger partial charge on any atom is 0.00772 e. The van der Waals surface area contributed by atoms with Crippen LogP contribution in [-0.4, -0.2) is 13.1 Å². The maximum atomic E-state index is 3.00. The van der Waals surface area contributed by atoms with Crippen LogP contribution in [0.4, 0.5) is 0 Å². The van der Waals surface area contributed by atoms with Gasteiger partial charge in [-0.15, -0.1) is 0 Å². The van der Waals surface area contributed by atoms with E-state index < -0.39 is 0 Å². The van der Waals surface area contributed by atoms with Crippen molar-refractivity contribution in [3.8, 4) is 0 Å². The molecular formula is C9H21N. The molecule has 1 heteroatoms. The van der Waals surface area contributed by atoms with Crippen molar-refractivity contribution >= 4 is 0 Å². The van der Waals surface area contributed by atoms with E-state index in [1.165, 1.54) is 45.2 Å². The van der Waals surface area contributed by atoms with Crippen LogP contribution in [0.5, 0.6) is 0 Å². The van der Waals surface area contributed by atoms with Gasteiger partial charge >= 0.3 is 0 Å². The van der Waals surface area contributed by atoms with Gasteiger partial charge in [-0.25, -0.2) is 0 Å². The van der Waals surface area contributed by atoms with Crippen LogP contribution in [0.25, 0.3) is 0 Å². The molecule has 1 saturated heterocycles. The highest BCUT2D eigenvalue weighted by Crippen LogP contribution is 2.00. The Labute approximate surface area is 65.2 Å². The molecule has 0 saturated carbocycles. The van der Waals surface area contributed by atoms with Crippen LogP contribution in [0.3, 0.4) is 0 Å². The molecule has 0 atom stereocenters. The monoisotopic (exact) mass is 143 g/mol. The second kappa shape index (κ2) is 8.96. The fourth-order valence-corrected chi connectivity index (χ4v) is 0.677. The summed E-state index contributed by atoms with van der Waals surface area (Å²) in [5, 5.41) is 3.00. The molecule has 10 heavy (non-hydrogen) atoms. The normalized spacial score (nSPS) is 13.8. The number of unbranched alkanes of at least 4 members (excludes halogenated alkanes) is 4. The number of hydrogen-bond donors (Lipinski definition) is 1. The van der Waals surface area contributed by atoms with Crippen LogP contribution in [-0.2, 0) is 0 Å². The summed E-state index contributed by atoms with van der Waals surface area (Å²) in [7, 11) is 0. The summed E-state index contributed by atoms with van der Waals surface area (Å²) < 4.78 is 0. The molecule has 1 heterocycles. The first-order valence-electron chi connectivity index (χ1n) is 4.62. The van der Waals surface area contributed by atoms with E-state index in [0.29, 0.717) is 0 Å². The molecule has 0 unspecified atom stereocenters. The molecule has 0 bridgehead atoms. The first-order valence-corrected chi connectivity index (χ1v) is 4.62. The third-order valence-electron chi connectivity index (χ3n) is 1.46. The van der Waals surface area contributed by atoms with Crippen molar-refractivity contribution in [3.63, 3.8) is 0 Å². The molecule has 1 N–H and O–H groups in total. The van der Waals surface area contributed by atoms with E-state index in [1.54, 1.807) is 0 Å². The smallest absolute Gasteiger partial charge is 0.00772 e. The van der Waals surface area contributed by atoms with Gasteiger partial charge in [0.25, 0.3) is 0 Å². The molecule has 0 aromatic rings. The lowest BCUT2D eigenvalue weighted by Gasteiger charge is -1.90. The summed E-state index contributed by atoms with van der Waals surface area (Å²) >= 11 is 0. The maximum absolute atomic E-state index is 3.00. The average molecular weight is 143 g/mol. The zero-order valence-electron chi connectivity index (χ0n) is 7.45. The number of rotatable bonds is 4. The molecule has 1 aliphatic heterocycles. The molecule has 62 valence electrons. The van der Waals surface area contributed by atoms with E-state index in [-0.39, 0.29) is 0 Å². The third kappa shape index (κ3) is 15.7. The van der Waals surface area contributed by atoms with Crippen molar-refractivity contribution in [2.75, 3.05) is 13.1 Å². The molecule has 0 spiro atoms. The Hall–Kier alpha value is -0.0400. The van der Waals surface area contributed by atoms with E-state index in [2.05, 4.69) is 19.2 Å². The minimum absolute atomic E-state index is 1.25. The summed E-state index contributed by atoms with van der Waals surface area (Å²) in [6.07, 6.45) is 7.01. The second-order valence-corrected chi connectivity index (χ2v) is 2.81. The molecule has 1 aliphatic rings. The highest BCUT2D eigenvalue weighted by molar-refractivity contribution is 4.58. The summed E-state index contributed by atoms with van der Waals surface area (Å²) in [4.78, 5) is 0. The Morgan fingerprint density at radius 2 is 1.30 bits per heavy atom. The largest absolute Gasteiger partial charge is 0.314 e. The van der Waals surface area contributed by atoms with Crippen molar-refractivity contribution in [1.82, 2.24) is 5.32 Å². The summed E-state index contributed by atoms with van der Waals surface area (Å²) in [6, 6.07) is 0. The lowest BCUT2D eigenvalue weighted by Crippen LogP contribution is -1.70. The van der Waals surface area contributed by atoms with Crippen molar-refractivity contribution in [3.05, 3.63) is 0 Å². The highest BCUT2D eigenvalue weighted by Gasteiger charge is 1.91. The Morgan fingerprint density at radius 1 is 0.900 bits per heavy atom. The quantitative estimate of drug-likeness (QED) is 0.474. The van der Waals surface area contributed by atoms with Gasteiger partial charge in [-0.05, 0) is 0 Å². The third-order valence-corrected chi connectivity index (χ3v) is 1.46. The van der Waals surface area contributed by atoms with Crippen molar-refractivity contribution in [2.24, 2.45) is 0 Å². The predicted molar refractivity (Wildman–Crippen MR) is 47.3 cm³/mol. The van der Waals surface area contributed by atoms with E-state index in [4.69, 9.17) is 0 Å². The molecule has 1 rings (SSSR count). The first kappa shape index (κ1) is 9.96. The van der Waals surface area contributed by atoms with Crippen LogP contribution < -0.4 is 5.32 Å². The zero-order valence-corrected chi connectivity index (χ0v) is 7.45. The molecule has 0 aromatic heterocycles. The molecule has 1 fully saturated rings. The SMILES string of the molecule is C1CN1.CCCCCCC. The predicted octanol–water partition coefficient (Wildman–Crippen LogP) is 2.57. The fraction of sp³-hybridized carbons (Fsp3) is 1.00. The molecule has 0 aromatic carbocycles. The molecule has 1 nitrogen and oxygen atoms in total. The summed E-state index contributed by atoms with van der Waals surface area (Å²) in [6.45, 7) is 6.99. The van der Waals surface area contributed by atoms with Gasteiger partial charge in [-0.2, -0.15) is 0 Å². The van der Waals surface area contributed by atoms with Crippen LogP contribution >= 0.6 is 0 Å². The van der Waals surface area contributed by atoms with Crippen molar-refractivity contribution in [2.45, 2.75) is 46.0 Å². The Kier molecular flexibility index (Phi) is 8.92. The first-order chi connectivity index (χ1) is 4.91. The van der Waals surface area contributed by atoms with Crippen LogP contribution in [0.1, 0.15) is 46.0 Å². The van der Waals surface area contributed by atoms with E-state index in [0.717, 1.165) is 0 Å². The van der Waals surface area contributed by atoms with E-state index >= 15 is 0 Å². The van der Waals surface area contributed by atoms with E-state index in [1.807, 2.05) is 0 Å². The second-order valence-electron chi connectivity index (χ2n) is 2.81.